The molecule has 0 amide bonds. The number of nitrogens with zero attached hydrogens (tertiary/aromatic N) is 2. The van der Waals surface area contributed by atoms with E-state index in [2.05, 4.69) is 48.3 Å². The van der Waals surface area contributed by atoms with Gasteiger partial charge >= 0.3 is 0 Å². The van der Waals surface area contributed by atoms with E-state index in [0.717, 1.165) is 28.6 Å². The highest BCUT2D eigenvalue weighted by Crippen LogP contribution is 2.36. The second kappa shape index (κ2) is 6.63. The minimum absolute atomic E-state index is 0.0158. The summed E-state index contributed by atoms with van der Waals surface area (Å²) >= 11 is 1.79. The molecule has 5 nitrogen and oxygen atoms in total. The van der Waals surface area contributed by atoms with Crippen molar-refractivity contribution in [3.05, 3.63) is 5.69 Å². The van der Waals surface area contributed by atoms with Crippen molar-refractivity contribution in [2.45, 2.75) is 51.1 Å². The van der Waals surface area contributed by atoms with Crippen LogP contribution >= 0.6 is 11.8 Å². The lowest BCUT2D eigenvalue weighted by molar-refractivity contribution is 0.249. The van der Waals surface area contributed by atoms with Gasteiger partial charge in [0, 0.05) is 18.2 Å². The number of aliphatic hydroxyl groups is 1. The predicted molar refractivity (Wildman–Crippen MR) is 84.6 cm³/mol. The number of hydrogen-bond acceptors (Lipinski definition) is 6. The molecular formula is C14H24N4OS. The van der Waals surface area contributed by atoms with E-state index in [4.69, 9.17) is 0 Å². The van der Waals surface area contributed by atoms with Crippen LogP contribution in [0.25, 0.3) is 0 Å². The zero-order valence-electron chi connectivity index (χ0n) is 12.6. The van der Waals surface area contributed by atoms with Crippen molar-refractivity contribution >= 4 is 23.5 Å². The highest BCUT2D eigenvalue weighted by Gasteiger charge is 2.23. The lowest BCUT2D eigenvalue weighted by Gasteiger charge is -2.22. The van der Waals surface area contributed by atoms with Gasteiger partial charge in [-0.15, -0.1) is 11.8 Å². The van der Waals surface area contributed by atoms with Crippen molar-refractivity contribution in [1.29, 1.82) is 0 Å². The summed E-state index contributed by atoms with van der Waals surface area (Å²) in [6.07, 6.45) is 0.982. The molecular weight excluding hydrogens is 272 g/mol. The van der Waals surface area contributed by atoms with E-state index in [0.29, 0.717) is 17.9 Å². The number of aliphatic hydroxyl groups excluding tert-OH is 1. The molecule has 0 saturated carbocycles. The van der Waals surface area contributed by atoms with Gasteiger partial charge < -0.3 is 15.7 Å². The first-order valence-electron chi connectivity index (χ1n) is 7.19. The largest absolute Gasteiger partial charge is 0.394 e. The lowest BCUT2D eigenvalue weighted by atomic mass is 10.1. The van der Waals surface area contributed by atoms with Crippen molar-refractivity contribution in [3.63, 3.8) is 0 Å². The van der Waals surface area contributed by atoms with Crippen LogP contribution in [0.5, 0.6) is 0 Å². The van der Waals surface area contributed by atoms with Gasteiger partial charge in [-0.25, -0.2) is 4.98 Å². The van der Waals surface area contributed by atoms with E-state index in [9.17, 15) is 5.11 Å². The van der Waals surface area contributed by atoms with Crippen LogP contribution in [-0.4, -0.2) is 39.5 Å². The minimum Gasteiger partial charge on any atom is -0.394 e. The normalized spacial score (nSPS) is 15.6. The average molecular weight is 296 g/mol. The molecule has 1 aromatic heterocycles. The third kappa shape index (κ3) is 3.55. The molecule has 0 aliphatic carbocycles. The Morgan fingerprint density at radius 1 is 1.20 bits per heavy atom. The van der Waals surface area contributed by atoms with E-state index in [-0.39, 0.29) is 12.6 Å². The summed E-state index contributed by atoms with van der Waals surface area (Å²) in [5.41, 5.74) is 1.11. The molecule has 1 aliphatic heterocycles. The molecule has 0 saturated heterocycles. The number of fused-ring (bicyclic) bond motifs is 1. The first-order chi connectivity index (χ1) is 9.51. The third-order valence-corrected chi connectivity index (χ3v) is 4.39. The van der Waals surface area contributed by atoms with Gasteiger partial charge in [-0.3, -0.25) is 0 Å². The van der Waals surface area contributed by atoms with Crippen molar-refractivity contribution in [2.75, 3.05) is 23.0 Å². The van der Waals surface area contributed by atoms with E-state index < -0.39 is 0 Å². The molecule has 1 unspecified atom stereocenters. The van der Waals surface area contributed by atoms with Crippen molar-refractivity contribution in [3.8, 4) is 0 Å². The maximum atomic E-state index is 9.49. The number of aryl methyl sites for hydroxylation is 1. The number of nitrogens with one attached hydrogen (secondary N) is 2. The van der Waals surface area contributed by atoms with Gasteiger partial charge in [0.15, 0.2) is 0 Å². The van der Waals surface area contributed by atoms with Gasteiger partial charge in [0.25, 0.3) is 0 Å². The highest BCUT2D eigenvalue weighted by molar-refractivity contribution is 7.99. The Bertz CT molecular complexity index is 465. The Balaban J connectivity index is 2.28. The fraction of sp³-hybridized carbons (Fsp3) is 0.714. The molecule has 2 rings (SSSR count). The Hall–Kier alpha value is -1.01. The van der Waals surface area contributed by atoms with Crippen LogP contribution in [0.4, 0.5) is 11.8 Å². The van der Waals surface area contributed by atoms with Gasteiger partial charge in [-0.2, -0.15) is 4.98 Å². The fourth-order valence-electron chi connectivity index (χ4n) is 2.09. The first kappa shape index (κ1) is 15.4. The molecule has 6 heteroatoms. The molecule has 0 aromatic carbocycles. The lowest BCUT2D eigenvalue weighted by Crippen LogP contribution is -2.30. The first-order valence-corrected chi connectivity index (χ1v) is 8.17. The smallest absolute Gasteiger partial charge is 0.225 e. The maximum absolute atomic E-state index is 9.49. The Morgan fingerprint density at radius 2 is 1.95 bits per heavy atom. The number of thioether (sulfide) groups is 1. The number of aromatic nitrogens is 2. The molecule has 20 heavy (non-hydrogen) atoms. The zero-order valence-corrected chi connectivity index (χ0v) is 13.4. The van der Waals surface area contributed by atoms with Gasteiger partial charge in [-0.05, 0) is 19.8 Å². The molecule has 0 radical (unpaired) electrons. The monoisotopic (exact) mass is 296 g/mol. The highest BCUT2D eigenvalue weighted by atomic mass is 32.2. The SMILES string of the molecule is CC(C)Nc1nc2c(c(NC(CO)C(C)C)n1)SCC2. The average Bonchev–Trinajstić information content (AvgIpc) is 2.82. The fourth-order valence-corrected chi connectivity index (χ4v) is 3.14. The van der Waals surface area contributed by atoms with Crippen molar-refractivity contribution < 1.29 is 5.11 Å². The summed E-state index contributed by atoms with van der Waals surface area (Å²) in [6, 6.07) is 0.316. The van der Waals surface area contributed by atoms with Gasteiger partial charge in [-0.1, -0.05) is 13.8 Å². The summed E-state index contributed by atoms with van der Waals surface area (Å²) in [4.78, 5) is 10.3. The number of anilines is 2. The third-order valence-electron chi connectivity index (χ3n) is 3.26. The summed E-state index contributed by atoms with van der Waals surface area (Å²) < 4.78 is 0. The van der Waals surface area contributed by atoms with Crippen LogP contribution in [0.2, 0.25) is 0 Å². The maximum Gasteiger partial charge on any atom is 0.225 e. The van der Waals surface area contributed by atoms with Crippen LogP contribution in [0.3, 0.4) is 0 Å². The predicted octanol–water partition coefficient (Wildman–Crippen LogP) is 2.37. The molecule has 0 bridgehead atoms. The number of rotatable bonds is 6. The quantitative estimate of drug-likeness (QED) is 0.749. The summed E-state index contributed by atoms with van der Waals surface area (Å²) in [6.45, 7) is 8.44. The topological polar surface area (TPSA) is 70.1 Å². The molecule has 2 heterocycles. The molecule has 1 aliphatic rings. The molecule has 112 valence electrons. The van der Waals surface area contributed by atoms with Crippen LogP contribution in [0, 0.1) is 5.92 Å². The van der Waals surface area contributed by atoms with Crippen molar-refractivity contribution in [2.24, 2.45) is 5.92 Å². The van der Waals surface area contributed by atoms with Crippen LogP contribution < -0.4 is 10.6 Å². The van der Waals surface area contributed by atoms with Crippen LogP contribution in [0.15, 0.2) is 4.90 Å². The molecule has 0 fully saturated rings. The van der Waals surface area contributed by atoms with Crippen LogP contribution in [0.1, 0.15) is 33.4 Å². The molecule has 1 aromatic rings. The molecule has 1 atom stereocenters. The second-order valence-corrected chi connectivity index (χ2v) is 6.85. The second-order valence-electron chi connectivity index (χ2n) is 5.75. The van der Waals surface area contributed by atoms with Gasteiger partial charge in [0.2, 0.25) is 5.95 Å². The Kier molecular flexibility index (Phi) is 5.10. The standard InChI is InChI=1S/C14H24N4OS/c1-8(2)11(7-19)16-13-12-10(5-6-20-12)17-14(18-13)15-9(3)4/h8-9,11,19H,5-7H2,1-4H3,(H2,15,16,17,18). The summed E-state index contributed by atoms with van der Waals surface area (Å²) in [5.74, 6) is 2.92. The van der Waals surface area contributed by atoms with Crippen LogP contribution in [-0.2, 0) is 6.42 Å². The van der Waals surface area contributed by atoms with E-state index >= 15 is 0 Å². The van der Waals surface area contributed by atoms with Crippen molar-refractivity contribution in [1.82, 2.24) is 9.97 Å². The van der Waals surface area contributed by atoms with Gasteiger partial charge in [0.05, 0.1) is 23.2 Å². The van der Waals surface area contributed by atoms with E-state index in [1.807, 2.05) is 0 Å². The number of hydrogen-bond donors (Lipinski definition) is 3. The molecule has 0 spiro atoms. The Labute approximate surface area is 125 Å². The molecule has 3 N–H and O–H groups in total. The van der Waals surface area contributed by atoms with E-state index in [1.54, 1.807) is 11.8 Å². The Morgan fingerprint density at radius 3 is 2.55 bits per heavy atom. The summed E-state index contributed by atoms with van der Waals surface area (Å²) in [7, 11) is 0. The van der Waals surface area contributed by atoms with Gasteiger partial charge in [0.1, 0.15) is 5.82 Å². The minimum atomic E-state index is 0.0158. The van der Waals surface area contributed by atoms with E-state index in [1.165, 1.54) is 0 Å². The zero-order chi connectivity index (χ0) is 14.7. The summed E-state index contributed by atoms with van der Waals surface area (Å²) in [5, 5.41) is 16.1.